The highest BCUT2D eigenvalue weighted by Gasteiger charge is 2.04. The SMILES string of the molecule is Cc1ccc(Oc2ccc(OCC(=O)NCC(C)O)cc2)cc1. The molecule has 2 rings (SSSR count). The van der Waals surface area contributed by atoms with E-state index in [0.29, 0.717) is 11.5 Å². The highest BCUT2D eigenvalue weighted by Crippen LogP contribution is 2.24. The minimum absolute atomic E-state index is 0.0924. The summed E-state index contributed by atoms with van der Waals surface area (Å²) in [5.41, 5.74) is 1.18. The first-order valence-electron chi connectivity index (χ1n) is 7.45. The normalized spacial score (nSPS) is 11.6. The number of rotatable bonds is 7. The number of carbonyl (C=O) groups is 1. The lowest BCUT2D eigenvalue weighted by Gasteiger charge is -2.10. The monoisotopic (exact) mass is 315 g/mol. The summed E-state index contributed by atoms with van der Waals surface area (Å²) in [7, 11) is 0. The van der Waals surface area contributed by atoms with Crippen LogP contribution >= 0.6 is 0 Å². The van der Waals surface area contributed by atoms with Crippen LogP contribution in [0.1, 0.15) is 12.5 Å². The number of hydrogen-bond acceptors (Lipinski definition) is 4. The predicted molar refractivity (Wildman–Crippen MR) is 87.9 cm³/mol. The molecule has 0 aliphatic heterocycles. The van der Waals surface area contributed by atoms with Crippen molar-refractivity contribution in [1.29, 1.82) is 0 Å². The van der Waals surface area contributed by atoms with Gasteiger partial charge < -0.3 is 19.9 Å². The van der Waals surface area contributed by atoms with Crippen LogP contribution in [0.15, 0.2) is 48.5 Å². The second kappa shape index (κ2) is 8.19. The van der Waals surface area contributed by atoms with Gasteiger partial charge in [0.15, 0.2) is 6.61 Å². The fraction of sp³-hybridized carbons (Fsp3) is 0.278. The van der Waals surface area contributed by atoms with Crippen LogP contribution in [0, 0.1) is 6.92 Å². The number of carbonyl (C=O) groups excluding carboxylic acids is 1. The summed E-state index contributed by atoms with van der Waals surface area (Å²) in [6.45, 7) is 3.75. The van der Waals surface area contributed by atoms with Gasteiger partial charge in [0.1, 0.15) is 17.2 Å². The number of hydrogen-bond donors (Lipinski definition) is 2. The zero-order chi connectivity index (χ0) is 16.7. The molecular weight excluding hydrogens is 294 g/mol. The van der Waals surface area contributed by atoms with Crippen LogP contribution in [0.3, 0.4) is 0 Å². The molecule has 23 heavy (non-hydrogen) atoms. The molecule has 0 spiro atoms. The first-order valence-corrected chi connectivity index (χ1v) is 7.45. The second-order valence-electron chi connectivity index (χ2n) is 5.33. The zero-order valence-corrected chi connectivity index (χ0v) is 13.3. The number of aliphatic hydroxyl groups excluding tert-OH is 1. The summed E-state index contributed by atoms with van der Waals surface area (Å²) in [6.07, 6.45) is -0.572. The number of amides is 1. The maximum absolute atomic E-state index is 11.5. The molecule has 2 aromatic rings. The van der Waals surface area contributed by atoms with Gasteiger partial charge in [-0.05, 0) is 50.2 Å². The summed E-state index contributed by atoms with van der Waals surface area (Å²) in [6, 6.07) is 14.8. The largest absolute Gasteiger partial charge is 0.484 e. The third-order valence-corrected chi connectivity index (χ3v) is 3.04. The molecule has 1 unspecified atom stereocenters. The third kappa shape index (κ3) is 6.00. The van der Waals surface area contributed by atoms with Crippen molar-refractivity contribution in [2.24, 2.45) is 0 Å². The minimum atomic E-state index is -0.572. The van der Waals surface area contributed by atoms with Gasteiger partial charge in [-0.2, -0.15) is 0 Å². The van der Waals surface area contributed by atoms with E-state index in [1.54, 1.807) is 31.2 Å². The Morgan fingerprint density at radius 1 is 1.04 bits per heavy atom. The van der Waals surface area contributed by atoms with Crippen molar-refractivity contribution < 1.29 is 19.4 Å². The van der Waals surface area contributed by atoms with Crippen molar-refractivity contribution in [3.8, 4) is 17.2 Å². The van der Waals surface area contributed by atoms with E-state index in [1.165, 1.54) is 5.56 Å². The Morgan fingerprint density at radius 2 is 1.57 bits per heavy atom. The zero-order valence-electron chi connectivity index (χ0n) is 13.3. The maximum atomic E-state index is 11.5. The van der Waals surface area contributed by atoms with E-state index in [-0.39, 0.29) is 19.1 Å². The predicted octanol–water partition coefficient (Wildman–Crippen LogP) is 2.66. The lowest BCUT2D eigenvalue weighted by molar-refractivity contribution is -0.123. The summed E-state index contributed by atoms with van der Waals surface area (Å²) in [5.74, 6) is 1.76. The molecule has 0 aliphatic rings. The molecule has 0 saturated carbocycles. The molecule has 1 amide bonds. The van der Waals surface area contributed by atoms with Crippen LogP contribution in [0.5, 0.6) is 17.2 Å². The molecule has 0 aliphatic carbocycles. The Hall–Kier alpha value is -2.53. The van der Waals surface area contributed by atoms with E-state index in [0.717, 1.165) is 5.75 Å². The van der Waals surface area contributed by atoms with Crippen molar-refractivity contribution >= 4 is 5.91 Å². The lowest BCUT2D eigenvalue weighted by atomic mass is 10.2. The van der Waals surface area contributed by atoms with Gasteiger partial charge in [0.2, 0.25) is 0 Å². The lowest BCUT2D eigenvalue weighted by Crippen LogP contribution is -2.34. The van der Waals surface area contributed by atoms with Gasteiger partial charge >= 0.3 is 0 Å². The molecule has 0 aromatic heterocycles. The van der Waals surface area contributed by atoms with Gasteiger partial charge in [0.05, 0.1) is 6.10 Å². The first kappa shape index (κ1) is 16.8. The van der Waals surface area contributed by atoms with Crippen LogP contribution in [-0.4, -0.2) is 30.3 Å². The summed E-state index contributed by atoms with van der Waals surface area (Å²) in [5, 5.41) is 11.6. The molecular formula is C18H21NO4. The Kier molecular flexibility index (Phi) is 6.00. The number of aliphatic hydroxyl groups is 1. The van der Waals surface area contributed by atoms with Crippen molar-refractivity contribution in [3.05, 3.63) is 54.1 Å². The highest BCUT2D eigenvalue weighted by molar-refractivity contribution is 5.77. The third-order valence-electron chi connectivity index (χ3n) is 3.04. The Bertz CT molecular complexity index is 620. The Morgan fingerprint density at radius 3 is 2.13 bits per heavy atom. The van der Waals surface area contributed by atoms with Crippen LogP contribution in [0.25, 0.3) is 0 Å². The smallest absolute Gasteiger partial charge is 0.258 e. The molecule has 0 fully saturated rings. The molecule has 0 radical (unpaired) electrons. The van der Waals surface area contributed by atoms with E-state index in [9.17, 15) is 4.79 Å². The van der Waals surface area contributed by atoms with E-state index in [4.69, 9.17) is 14.6 Å². The van der Waals surface area contributed by atoms with E-state index >= 15 is 0 Å². The van der Waals surface area contributed by atoms with Gasteiger partial charge in [0, 0.05) is 6.54 Å². The molecule has 2 aromatic carbocycles. The van der Waals surface area contributed by atoms with Crippen molar-refractivity contribution in [1.82, 2.24) is 5.32 Å². The Labute approximate surface area is 135 Å². The van der Waals surface area contributed by atoms with E-state index in [1.807, 2.05) is 31.2 Å². The van der Waals surface area contributed by atoms with Gasteiger partial charge in [-0.25, -0.2) is 0 Å². The maximum Gasteiger partial charge on any atom is 0.258 e. The highest BCUT2D eigenvalue weighted by atomic mass is 16.5. The van der Waals surface area contributed by atoms with Gasteiger partial charge in [-0.3, -0.25) is 4.79 Å². The average molecular weight is 315 g/mol. The van der Waals surface area contributed by atoms with Crippen molar-refractivity contribution in [3.63, 3.8) is 0 Å². The number of benzene rings is 2. The van der Waals surface area contributed by atoms with E-state index in [2.05, 4.69) is 5.32 Å². The van der Waals surface area contributed by atoms with Crippen LogP contribution < -0.4 is 14.8 Å². The quantitative estimate of drug-likeness (QED) is 0.824. The molecule has 0 heterocycles. The Balaban J connectivity index is 1.82. The van der Waals surface area contributed by atoms with Gasteiger partial charge in [0.25, 0.3) is 5.91 Å². The van der Waals surface area contributed by atoms with Crippen LogP contribution in [-0.2, 0) is 4.79 Å². The van der Waals surface area contributed by atoms with Crippen LogP contribution in [0.2, 0.25) is 0 Å². The summed E-state index contributed by atoms with van der Waals surface area (Å²) < 4.78 is 11.1. The van der Waals surface area contributed by atoms with Gasteiger partial charge in [-0.15, -0.1) is 0 Å². The molecule has 5 nitrogen and oxygen atoms in total. The second-order valence-corrected chi connectivity index (χ2v) is 5.33. The minimum Gasteiger partial charge on any atom is -0.484 e. The molecule has 122 valence electrons. The molecule has 1 atom stereocenters. The number of nitrogens with one attached hydrogen (secondary N) is 1. The molecule has 5 heteroatoms. The van der Waals surface area contributed by atoms with E-state index < -0.39 is 6.10 Å². The average Bonchev–Trinajstić information content (AvgIpc) is 2.54. The molecule has 0 saturated heterocycles. The van der Waals surface area contributed by atoms with Crippen LogP contribution in [0.4, 0.5) is 0 Å². The summed E-state index contributed by atoms with van der Waals surface area (Å²) in [4.78, 5) is 11.5. The van der Waals surface area contributed by atoms with Crippen molar-refractivity contribution in [2.45, 2.75) is 20.0 Å². The van der Waals surface area contributed by atoms with Crippen molar-refractivity contribution in [2.75, 3.05) is 13.2 Å². The molecule has 0 bridgehead atoms. The fourth-order valence-corrected chi connectivity index (χ4v) is 1.81. The molecule has 2 N–H and O–H groups in total. The standard InChI is InChI=1S/C18H21NO4/c1-13-3-5-16(6-4-13)23-17-9-7-15(8-10-17)22-12-18(21)19-11-14(2)20/h3-10,14,20H,11-12H2,1-2H3,(H,19,21). The summed E-state index contributed by atoms with van der Waals surface area (Å²) >= 11 is 0. The number of ether oxygens (including phenoxy) is 2. The van der Waals surface area contributed by atoms with Gasteiger partial charge in [-0.1, -0.05) is 17.7 Å². The fourth-order valence-electron chi connectivity index (χ4n) is 1.81. The first-order chi connectivity index (χ1) is 11.0. The number of aryl methyl sites for hydroxylation is 1. The topological polar surface area (TPSA) is 67.8 Å².